The van der Waals surface area contributed by atoms with Gasteiger partial charge in [-0.3, -0.25) is 14.3 Å². The molecule has 1 fully saturated rings. The lowest BCUT2D eigenvalue weighted by Gasteiger charge is -2.34. The van der Waals surface area contributed by atoms with E-state index in [9.17, 15) is 4.79 Å². The largest absolute Gasteiger partial charge is 0.339 e. The number of nitrogens with zero attached hydrogens (tertiary/aromatic N) is 5. The van der Waals surface area contributed by atoms with Gasteiger partial charge in [0.15, 0.2) is 5.16 Å². The van der Waals surface area contributed by atoms with Crippen molar-refractivity contribution in [3.8, 4) is 5.69 Å². The molecule has 0 atom stereocenters. The standard InChI is InChI=1S/C22H24ClN5OS/c23-19-7-4-8-20(15-19)28-17-24-25-22(28)30-16-21(29)27-13-11-26(12-14-27)10-9-18-5-2-1-3-6-18/h1-8,15,17H,9-14,16H2. The summed E-state index contributed by atoms with van der Waals surface area (Å²) in [5.41, 5.74) is 2.24. The number of piperazine rings is 1. The Morgan fingerprint density at radius 3 is 2.60 bits per heavy atom. The number of amides is 1. The number of aromatic nitrogens is 3. The van der Waals surface area contributed by atoms with Crippen LogP contribution in [-0.4, -0.2) is 68.9 Å². The van der Waals surface area contributed by atoms with Crippen LogP contribution in [0.15, 0.2) is 66.1 Å². The third kappa shape index (κ3) is 5.41. The van der Waals surface area contributed by atoms with Gasteiger partial charge in [-0.25, -0.2) is 0 Å². The molecule has 6 nitrogen and oxygen atoms in total. The van der Waals surface area contributed by atoms with Gasteiger partial charge in [0, 0.05) is 37.7 Å². The van der Waals surface area contributed by atoms with Gasteiger partial charge in [0.05, 0.1) is 11.4 Å². The highest BCUT2D eigenvalue weighted by Crippen LogP contribution is 2.22. The van der Waals surface area contributed by atoms with Gasteiger partial charge >= 0.3 is 0 Å². The first-order valence-corrected chi connectivity index (χ1v) is 11.4. The first-order chi connectivity index (χ1) is 14.7. The second-order valence-electron chi connectivity index (χ2n) is 7.21. The molecule has 0 N–H and O–H groups in total. The molecule has 1 saturated heterocycles. The molecular formula is C22H24ClN5OS. The van der Waals surface area contributed by atoms with Crippen molar-refractivity contribution in [2.24, 2.45) is 0 Å². The lowest BCUT2D eigenvalue weighted by molar-refractivity contribution is -0.130. The predicted molar refractivity (Wildman–Crippen MR) is 120 cm³/mol. The monoisotopic (exact) mass is 441 g/mol. The Labute approximate surface area is 185 Å². The van der Waals surface area contributed by atoms with Gasteiger partial charge in [-0.1, -0.05) is 59.8 Å². The first kappa shape index (κ1) is 20.9. The van der Waals surface area contributed by atoms with Crippen molar-refractivity contribution in [1.29, 1.82) is 0 Å². The lowest BCUT2D eigenvalue weighted by Crippen LogP contribution is -2.49. The van der Waals surface area contributed by atoms with Crippen molar-refractivity contribution in [2.45, 2.75) is 11.6 Å². The summed E-state index contributed by atoms with van der Waals surface area (Å²) in [5, 5.41) is 9.49. The minimum absolute atomic E-state index is 0.142. The fourth-order valence-corrected chi connectivity index (χ4v) is 4.51. The molecule has 3 aromatic rings. The summed E-state index contributed by atoms with van der Waals surface area (Å²) in [5.74, 6) is 0.492. The van der Waals surface area contributed by atoms with E-state index >= 15 is 0 Å². The van der Waals surface area contributed by atoms with E-state index in [0.717, 1.165) is 44.8 Å². The normalized spacial score (nSPS) is 14.8. The second-order valence-corrected chi connectivity index (χ2v) is 8.59. The highest BCUT2D eigenvalue weighted by molar-refractivity contribution is 7.99. The molecule has 4 rings (SSSR count). The maximum absolute atomic E-state index is 12.7. The van der Waals surface area contributed by atoms with Gasteiger partial charge in [0.2, 0.25) is 5.91 Å². The van der Waals surface area contributed by atoms with Gasteiger partial charge in [-0.05, 0) is 30.2 Å². The highest BCUT2D eigenvalue weighted by atomic mass is 35.5. The molecule has 0 bridgehead atoms. The van der Waals surface area contributed by atoms with Gasteiger partial charge in [0.1, 0.15) is 6.33 Å². The van der Waals surface area contributed by atoms with Crippen LogP contribution in [0.25, 0.3) is 5.69 Å². The molecule has 156 valence electrons. The van der Waals surface area contributed by atoms with Crippen molar-refractivity contribution in [3.63, 3.8) is 0 Å². The Bertz CT molecular complexity index is 972. The number of rotatable bonds is 7. The number of carbonyl (C=O) groups is 1. The zero-order valence-electron chi connectivity index (χ0n) is 16.7. The van der Waals surface area contributed by atoms with Crippen molar-refractivity contribution in [2.75, 3.05) is 38.5 Å². The van der Waals surface area contributed by atoms with Crippen LogP contribution in [0.5, 0.6) is 0 Å². The summed E-state index contributed by atoms with van der Waals surface area (Å²) in [4.78, 5) is 17.1. The van der Waals surface area contributed by atoms with E-state index in [1.165, 1.54) is 17.3 Å². The number of hydrogen-bond acceptors (Lipinski definition) is 5. The number of benzene rings is 2. The van der Waals surface area contributed by atoms with Crippen molar-refractivity contribution in [3.05, 3.63) is 71.5 Å². The van der Waals surface area contributed by atoms with E-state index in [4.69, 9.17) is 11.6 Å². The van der Waals surface area contributed by atoms with Crippen LogP contribution in [0.2, 0.25) is 5.02 Å². The molecule has 0 spiro atoms. The minimum atomic E-state index is 0.142. The predicted octanol–water partition coefficient (Wildman–Crippen LogP) is 3.40. The summed E-state index contributed by atoms with van der Waals surface area (Å²) in [6.45, 7) is 4.41. The summed E-state index contributed by atoms with van der Waals surface area (Å²) in [6.07, 6.45) is 2.69. The fourth-order valence-electron chi connectivity index (χ4n) is 3.50. The number of halogens is 1. The average molecular weight is 442 g/mol. The summed E-state index contributed by atoms with van der Waals surface area (Å²) in [7, 11) is 0. The molecule has 2 aromatic carbocycles. The molecule has 1 aliphatic heterocycles. The Balaban J connectivity index is 1.25. The quantitative estimate of drug-likeness (QED) is 0.526. The fraction of sp³-hybridized carbons (Fsp3) is 0.318. The maximum atomic E-state index is 12.7. The summed E-state index contributed by atoms with van der Waals surface area (Å²) < 4.78 is 1.85. The Hall–Kier alpha value is -2.35. The van der Waals surface area contributed by atoms with Gasteiger partial charge in [-0.15, -0.1) is 10.2 Å². The van der Waals surface area contributed by atoms with E-state index < -0.39 is 0 Å². The smallest absolute Gasteiger partial charge is 0.233 e. The minimum Gasteiger partial charge on any atom is -0.339 e. The topological polar surface area (TPSA) is 54.3 Å². The van der Waals surface area contributed by atoms with Crippen molar-refractivity contribution < 1.29 is 4.79 Å². The Kier molecular flexibility index (Phi) is 7.04. The van der Waals surface area contributed by atoms with E-state index in [2.05, 4.69) is 39.4 Å². The molecule has 2 heterocycles. The van der Waals surface area contributed by atoms with E-state index in [-0.39, 0.29) is 5.91 Å². The molecule has 0 saturated carbocycles. The number of thioether (sulfide) groups is 1. The molecule has 1 amide bonds. The molecular weight excluding hydrogens is 418 g/mol. The van der Waals surface area contributed by atoms with Crippen molar-refractivity contribution in [1.82, 2.24) is 24.6 Å². The highest BCUT2D eigenvalue weighted by Gasteiger charge is 2.21. The van der Waals surface area contributed by atoms with Gasteiger partial charge < -0.3 is 4.90 Å². The average Bonchev–Trinajstić information content (AvgIpc) is 3.26. The molecule has 0 aliphatic carbocycles. The van der Waals surface area contributed by atoms with Crippen LogP contribution in [-0.2, 0) is 11.2 Å². The number of hydrogen-bond donors (Lipinski definition) is 0. The van der Waals surface area contributed by atoms with Crippen LogP contribution < -0.4 is 0 Å². The maximum Gasteiger partial charge on any atom is 0.233 e. The molecule has 1 aromatic heterocycles. The van der Waals surface area contributed by atoms with Crippen LogP contribution in [0.4, 0.5) is 0 Å². The summed E-state index contributed by atoms with van der Waals surface area (Å²) in [6, 6.07) is 18.0. The molecule has 8 heteroatoms. The first-order valence-electron chi connectivity index (χ1n) is 10.0. The molecule has 0 unspecified atom stereocenters. The zero-order chi connectivity index (χ0) is 20.8. The second kappa shape index (κ2) is 10.1. The lowest BCUT2D eigenvalue weighted by atomic mass is 10.1. The van der Waals surface area contributed by atoms with Gasteiger partial charge in [0.25, 0.3) is 0 Å². The molecule has 30 heavy (non-hydrogen) atoms. The number of carbonyl (C=O) groups excluding carboxylic acids is 1. The van der Waals surface area contributed by atoms with Gasteiger partial charge in [-0.2, -0.15) is 0 Å². The summed E-state index contributed by atoms with van der Waals surface area (Å²) >= 11 is 7.49. The third-order valence-electron chi connectivity index (χ3n) is 5.21. The van der Waals surface area contributed by atoms with Crippen LogP contribution in [0.1, 0.15) is 5.56 Å². The van der Waals surface area contributed by atoms with Crippen molar-refractivity contribution >= 4 is 29.3 Å². The van der Waals surface area contributed by atoms with Crippen LogP contribution in [0, 0.1) is 0 Å². The molecule has 1 aliphatic rings. The van der Waals surface area contributed by atoms with Crippen LogP contribution >= 0.6 is 23.4 Å². The SMILES string of the molecule is O=C(CSc1nncn1-c1cccc(Cl)c1)N1CCN(CCc2ccccc2)CC1. The zero-order valence-corrected chi connectivity index (χ0v) is 18.2. The Morgan fingerprint density at radius 1 is 1.03 bits per heavy atom. The van der Waals surface area contributed by atoms with E-state index in [1.807, 2.05) is 39.8 Å². The van der Waals surface area contributed by atoms with E-state index in [0.29, 0.717) is 15.9 Å². The molecule has 0 radical (unpaired) electrons. The van der Waals surface area contributed by atoms with Crippen LogP contribution in [0.3, 0.4) is 0 Å². The third-order valence-corrected chi connectivity index (χ3v) is 6.38. The Morgan fingerprint density at radius 2 is 1.83 bits per heavy atom. The van der Waals surface area contributed by atoms with E-state index in [1.54, 1.807) is 6.33 Å².